The predicted octanol–water partition coefficient (Wildman–Crippen LogP) is 1.05. The first kappa shape index (κ1) is 20.0. The van der Waals surface area contributed by atoms with Crippen molar-refractivity contribution in [3.63, 3.8) is 0 Å². The summed E-state index contributed by atoms with van der Waals surface area (Å²) in [5.41, 5.74) is 0.617. The first-order valence-corrected chi connectivity index (χ1v) is 9.88. The molecule has 0 saturated carbocycles. The minimum atomic E-state index is -0.778. The maximum Gasteiger partial charge on any atom is 0.286 e. The number of hydrogen-bond donors (Lipinski definition) is 1. The molecule has 0 bridgehead atoms. The second kappa shape index (κ2) is 9.00. The summed E-state index contributed by atoms with van der Waals surface area (Å²) in [6, 6.07) is 10.3. The third-order valence-corrected chi connectivity index (χ3v) is 5.04. The van der Waals surface area contributed by atoms with Gasteiger partial charge in [-0.15, -0.1) is 0 Å². The van der Waals surface area contributed by atoms with Crippen LogP contribution in [0.1, 0.15) is 17.0 Å². The number of amides is 3. The molecule has 1 aromatic carbocycles. The van der Waals surface area contributed by atoms with Gasteiger partial charge in [0.05, 0.1) is 31.7 Å². The standard InChI is InChI=1S/C21H23N3O6/c25-19(7-8-22-20(26)17-6-3-11-29-17)24-14-18(21(27)23-9-12-28-13-10-23)30-16-5-2-1-4-15(16)24/h1-6,11,18H,7-10,12-14H2,(H,22,26). The van der Waals surface area contributed by atoms with Crippen LogP contribution in [0, 0.1) is 0 Å². The number of rotatable bonds is 5. The fourth-order valence-electron chi connectivity index (χ4n) is 3.50. The molecule has 0 radical (unpaired) electrons. The molecule has 9 heteroatoms. The van der Waals surface area contributed by atoms with Crippen LogP contribution in [0.15, 0.2) is 47.1 Å². The second-order valence-electron chi connectivity index (χ2n) is 7.00. The molecule has 1 saturated heterocycles. The van der Waals surface area contributed by atoms with Crippen molar-refractivity contribution in [2.75, 3.05) is 44.3 Å². The third kappa shape index (κ3) is 4.30. The van der Waals surface area contributed by atoms with Gasteiger partial charge in [0.2, 0.25) is 5.91 Å². The highest BCUT2D eigenvalue weighted by Crippen LogP contribution is 2.34. The fraction of sp³-hybridized carbons (Fsp3) is 0.381. The smallest absolute Gasteiger partial charge is 0.286 e. The molecule has 2 aliphatic rings. The lowest BCUT2D eigenvalue weighted by molar-refractivity contribution is -0.142. The van der Waals surface area contributed by atoms with E-state index in [1.807, 2.05) is 6.07 Å². The molecule has 1 aromatic heterocycles. The van der Waals surface area contributed by atoms with Gasteiger partial charge in [-0.1, -0.05) is 12.1 Å². The number of hydrogen-bond acceptors (Lipinski definition) is 6. The number of benzene rings is 1. The molecule has 30 heavy (non-hydrogen) atoms. The van der Waals surface area contributed by atoms with Crippen LogP contribution in [-0.4, -0.2) is 68.1 Å². The Hall–Kier alpha value is -3.33. The Labute approximate surface area is 173 Å². The van der Waals surface area contributed by atoms with Gasteiger partial charge in [0.15, 0.2) is 11.9 Å². The van der Waals surface area contributed by atoms with Crippen LogP contribution in [0.5, 0.6) is 5.75 Å². The lowest BCUT2D eigenvalue weighted by Gasteiger charge is -2.37. The average molecular weight is 413 g/mol. The molecule has 4 rings (SSSR count). The molecule has 1 N–H and O–H groups in total. The average Bonchev–Trinajstić information content (AvgIpc) is 3.33. The minimum absolute atomic E-state index is 0.0826. The zero-order chi connectivity index (χ0) is 20.9. The number of morpholine rings is 1. The highest BCUT2D eigenvalue weighted by molar-refractivity contribution is 5.98. The summed E-state index contributed by atoms with van der Waals surface area (Å²) in [6.07, 6.45) is 0.718. The van der Waals surface area contributed by atoms with Crippen molar-refractivity contribution in [3.05, 3.63) is 48.4 Å². The fourth-order valence-corrected chi connectivity index (χ4v) is 3.50. The van der Waals surface area contributed by atoms with Gasteiger partial charge in [-0.05, 0) is 24.3 Å². The summed E-state index contributed by atoms with van der Waals surface area (Å²) in [6.45, 7) is 2.28. The number of nitrogens with one attached hydrogen (secondary N) is 1. The van der Waals surface area contributed by atoms with Crippen LogP contribution in [0.4, 0.5) is 5.69 Å². The molecule has 2 aromatic rings. The minimum Gasteiger partial charge on any atom is -0.476 e. The monoisotopic (exact) mass is 413 g/mol. The van der Waals surface area contributed by atoms with Crippen molar-refractivity contribution >= 4 is 23.4 Å². The normalized spacial score (nSPS) is 18.3. The maximum absolute atomic E-state index is 12.9. The SMILES string of the molecule is O=C(NCCC(=O)N1CC(C(=O)N2CCOCC2)Oc2ccccc21)c1ccco1. The number of anilines is 1. The van der Waals surface area contributed by atoms with Crippen molar-refractivity contribution in [2.24, 2.45) is 0 Å². The number of carbonyl (C=O) groups excluding carboxylic acids is 3. The molecule has 2 aliphatic heterocycles. The van der Waals surface area contributed by atoms with Crippen LogP contribution in [0.3, 0.4) is 0 Å². The lowest BCUT2D eigenvalue weighted by Crippen LogP contribution is -2.54. The molecule has 1 unspecified atom stereocenters. The quantitative estimate of drug-likeness (QED) is 0.786. The van der Waals surface area contributed by atoms with Crippen LogP contribution in [0.25, 0.3) is 0 Å². The topological polar surface area (TPSA) is 101 Å². The van der Waals surface area contributed by atoms with E-state index in [1.54, 1.807) is 40.1 Å². The van der Waals surface area contributed by atoms with Crippen LogP contribution < -0.4 is 15.0 Å². The Morgan fingerprint density at radius 3 is 2.63 bits per heavy atom. The van der Waals surface area contributed by atoms with Gasteiger partial charge < -0.3 is 29.0 Å². The van der Waals surface area contributed by atoms with Gasteiger partial charge in [0.25, 0.3) is 11.8 Å². The summed E-state index contributed by atoms with van der Waals surface area (Å²) in [5.74, 6) is -0.0591. The zero-order valence-corrected chi connectivity index (χ0v) is 16.4. The number of ether oxygens (including phenoxy) is 2. The number of furan rings is 1. The van der Waals surface area contributed by atoms with Gasteiger partial charge in [-0.2, -0.15) is 0 Å². The van der Waals surface area contributed by atoms with E-state index < -0.39 is 6.10 Å². The number of fused-ring (bicyclic) bond motifs is 1. The Balaban J connectivity index is 1.42. The Morgan fingerprint density at radius 1 is 1.07 bits per heavy atom. The van der Waals surface area contributed by atoms with Crippen LogP contribution in [0.2, 0.25) is 0 Å². The summed E-state index contributed by atoms with van der Waals surface area (Å²) in [4.78, 5) is 41.1. The number of carbonyl (C=O) groups is 3. The Kier molecular flexibility index (Phi) is 5.99. The van der Waals surface area contributed by atoms with E-state index in [0.717, 1.165) is 0 Å². The van der Waals surface area contributed by atoms with Gasteiger partial charge in [-0.3, -0.25) is 14.4 Å². The second-order valence-corrected chi connectivity index (χ2v) is 7.00. The van der Waals surface area contributed by atoms with Gasteiger partial charge in [-0.25, -0.2) is 0 Å². The molecular formula is C21H23N3O6. The van der Waals surface area contributed by atoms with E-state index >= 15 is 0 Å². The van der Waals surface area contributed by atoms with E-state index in [4.69, 9.17) is 13.9 Å². The van der Waals surface area contributed by atoms with Crippen molar-refractivity contribution < 1.29 is 28.3 Å². The lowest BCUT2D eigenvalue weighted by atomic mass is 10.1. The van der Waals surface area contributed by atoms with Crippen molar-refractivity contribution in [1.29, 1.82) is 0 Å². The predicted molar refractivity (Wildman–Crippen MR) is 106 cm³/mol. The van der Waals surface area contributed by atoms with E-state index in [2.05, 4.69) is 5.32 Å². The number of para-hydroxylation sites is 2. The first-order valence-electron chi connectivity index (χ1n) is 9.88. The summed E-state index contributed by atoms with van der Waals surface area (Å²) >= 11 is 0. The molecule has 158 valence electrons. The zero-order valence-electron chi connectivity index (χ0n) is 16.4. The van der Waals surface area contributed by atoms with E-state index in [9.17, 15) is 14.4 Å². The Bertz CT molecular complexity index is 907. The summed E-state index contributed by atoms with van der Waals surface area (Å²) in [5, 5.41) is 2.66. The number of nitrogens with zero attached hydrogens (tertiary/aromatic N) is 2. The van der Waals surface area contributed by atoms with E-state index in [0.29, 0.717) is 37.7 Å². The summed E-state index contributed by atoms with van der Waals surface area (Å²) < 4.78 is 16.3. The van der Waals surface area contributed by atoms with Gasteiger partial charge >= 0.3 is 0 Å². The van der Waals surface area contributed by atoms with E-state index in [1.165, 1.54) is 6.26 Å². The first-order chi connectivity index (χ1) is 14.6. The van der Waals surface area contributed by atoms with Crippen molar-refractivity contribution in [3.8, 4) is 5.75 Å². The van der Waals surface area contributed by atoms with Crippen LogP contribution in [-0.2, 0) is 14.3 Å². The van der Waals surface area contributed by atoms with Gasteiger partial charge in [0.1, 0.15) is 5.75 Å². The molecule has 1 atom stereocenters. The molecular weight excluding hydrogens is 390 g/mol. The van der Waals surface area contributed by atoms with Gasteiger partial charge in [0, 0.05) is 26.1 Å². The van der Waals surface area contributed by atoms with E-state index in [-0.39, 0.29) is 43.0 Å². The summed E-state index contributed by atoms with van der Waals surface area (Å²) in [7, 11) is 0. The molecule has 0 aliphatic carbocycles. The molecule has 3 heterocycles. The Morgan fingerprint density at radius 2 is 1.87 bits per heavy atom. The molecule has 1 fully saturated rings. The molecule has 9 nitrogen and oxygen atoms in total. The van der Waals surface area contributed by atoms with Crippen molar-refractivity contribution in [2.45, 2.75) is 12.5 Å². The van der Waals surface area contributed by atoms with Crippen molar-refractivity contribution in [1.82, 2.24) is 10.2 Å². The highest BCUT2D eigenvalue weighted by atomic mass is 16.5. The largest absolute Gasteiger partial charge is 0.476 e. The maximum atomic E-state index is 12.9. The molecule has 3 amide bonds. The highest BCUT2D eigenvalue weighted by Gasteiger charge is 2.36. The van der Waals surface area contributed by atoms with Crippen LogP contribution >= 0.6 is 0 Å². The third-order valence-electron chi connectivity index (χ3n) is 5.04. The molecule has 0 spiro atoms.